The van der Waals surface area contributed by atoms with Crippen molar-refractivity contribution in [2.45, 2.75) is 29.7 Å². The molecule has 0 spiro atoms. The van der Waals surface area contributed by atoms with Crippen LogP contribution < -0.4 is 5.01 Å². The quantitative estimate of drug-likeness (QED) is 0.557. The summed E-state index contributed by atoms with van der Waals surface area (Å²) in [6, 6.07) is 8.72. The van der Waals surface area contributed by atoms with Gasteiger partial charge in [0.2, 0.25) is 9.84 Å². The summed E-state index contributed by atoms with van der Waals surface area (Å²) in [5, 5.41) is 2.74. The Morgan fingerprint density at radius 2 is 1.86 bits per heavy atom. The van der Waals surface area contributed by atoms with Crippen LogP contribution in [0.2, 0.25) is 0 Å². The maximum absolute atomic E-state index is 13.5. The van der Waals surface area contributed by atoms with E-state index in [1.54, 1.807) is 43.7 Å². The second kappa shape index (κ2) is 6.41. The van der Waals surface area contributed by atoms with E-state index in [-0.39, 0.29) is 15.7 Å². The monoisotopic (exact) mass is 409 g/mol. The van der Waals surface area contributed by atoms with Crippen molar-refractivity contribution in [3.05, 3.63) is 48.4 Å². The summed E-state index contributed by atoms with van der Waals surface area (Å²) in [7, 11) is -3.87. The zero-order valence-corrected chi connectivity index (χ0v) is 16.6. The maximum Gasteiger partial charge on any atom is 0.226 e. The Morgan fingerprint density at radius 1 is 1.10 bits per heavy atom. The van der Waals surface area contributed by atoms with Crippen molar-refractivity contribution in [1.29, 1.82) is 0 Å². The zero-order valence-electron chi connectivity index (χ0n) is 15.8. The van der Waals surface area contributed by atoms with Crippen LogP contribution in [0.4, 0.5) is 0 Å². The molecule has 1 aliphatic rings. The van der Waals surface area contributed by atoms with Gasteiger partial charge in [0, 0.05) is 37.5 Å². The number of aromatic nitrogens is 4. The third-order valence-corrected chi connectivity index (χ3v) is 7.22. The number of sulfone groups is 1. The lowest BCUT2D eigenvalue weighted by molar-refractivity contribution is -0.119. The highest BCUT2D eigenvalue weighted by atomic mass is 32.2. The number of hydrogen-bond acceptors (Lipinski definition) is 6. The fourth-order valence-electron chi connectivity index (χ4n) is 3.87. The van der Waals surface area contributed by atoms with E-state index in [0.29, 0.717) is 48.2 Å². The Balaban J connectivity index is 1.77. The van der Waals surface area contributed by atoms with Crippen molar-refractivity contribution in [1.82, 2.24) is 19.6 Å². The average molecular weight is 409 g/mol. The number of nitrogens with one attached hydrogen (secondary N) is 1. The Morgan fingerprint density at radius 3 is 2.62 bits per heavy atom. The van der Waals surface area contributed by atoms with Crippen molar-refractivity contribution in [2.75, 3.05) is 18.1 Å². The number of Topliss-reactive ketones (excluding diaryl/α,β-unsaturated/α-hetero) is 1. The van der Waals surface area contributed by atoms with E-state index in [1.165, 1.54) is 0 Å². The number of ketones is 1. The number of hydrogen-bond donors (Lipinski definition) is 1. The Kier molecular flexibility index (Phi) is 3.95. The number of fused-ring (bicyclic) bond motifs is 3. The minimum absolute atomic E-state index is 0.0661. The number of benzene rings is 1. The first kappa shape index (κ1) is 17.9. The van der Waals surface area contributed by atoms with Crippen LogP contribution in [0, 0.1) is 6.92 Å². The maximum atomic E-state index is 13.5. The van der Waals surface area contributed by atoms with Crippen molar-refractivity contribution in [3.8, 4) is 0 Å². The summed E-state index contributed by atoms with van der Waals surface area (Å²) in [6.07, 6.45) is 4.29. The fraction of sp³-hybridized carbons (Fsp3) is 0.250. The van der Waals surface area contributed by atoms with Crippen LogP contribution in [0.3, 0.4) is 0 Å². The van der Waals surface area contributed by atoms with Crippen LogP contribution in [0.1, 0.15) is 18.4 Å². The van der Waals surface area contributed by atoms with E-state index in [4.69, 9.17) is 0 Å². The van der Waals surface area contributed by atoms with Gasteiger partial charge in [-0.2, -0.15) is 0 Å². The average Bonchev–Trinajstić information content (AvgIpc) is 3.34. The van der Waals surface area contributed by atoms with E-state index in [9.17, 15) is 13.2 Å². The van der Waals surface area contributed by atoms with Gasteiger partial charge in [0.15, 0.2) is 5.03 Å². The highest BCUT2D eigenvalue weighted by Gasteiger charge is 2.29. The molecule has 148 valence electrons. The normalized spacial score (nSPS) is 15.5. The minimum Gasteiger partial charge on any atom is -0.346 e. The lowest BCUT2D eigenvalue weighted by Crippen LogP contribution is -2.41. The number of carbonyl (C=O) groups excluding carboxylic acids is 1. The lowest BCUT2D eigenvalue weighted by Gasteiger charge is -2.29. The number of nitrogens with zero attached hydrogens (tertiary/aromatic N) is 4. The summed E-state index contributed by atoms with van der Waals surface area (Å²) < 4.78 is 28.8. The summed E-state index contributed by atoms with van der Waals surface area (Å²) in [6.45, 7) is 2.90. The number of piperidine rings is 1. The van der Waals surface area contributed by atoms with Gasteiger partial charge < -0.3 is 9.99 Å². The van der Waals surface area contributed by atoms with Crippen LogP contribution in [-0.2, 0) is 14.6 Å². The zero-order chi connectivity index (χ0) is 20.2. The number of rotatable bonds is 3. The standard InChI is InChI=1S/C20H19N5O3S/c1-13-4-2-3-5-16(13)29(27,28)20-17-18(15-6-9-21-19(15)23-20)25(12-22-17)24-10-7-14(26)8-11-24/h2-6,9,12H,7-8,10-11H2,1H3,(H,21,23). The molecule has 4 aromatic rings. The first-order valence-corrected chi connectivity index (χ1v) is 10.9. The molecule has 0 unspecified atom stereocenters. The lowest BCUT2D eigenvalue weighted by atomic mass is 10.1. The first-order valence-electron chi connectivity index (χ1n) is 9.38. The molecule has 1 aliphatic heterocycles. The van der Waals surface area contributed by atoms with Gasteiger partial charge in [0.05, 0.1) is 4.90 Å². The molecule has 9 heteroatoms. The van der Waals surface area contributed by atoms with Gasteiger partial charge in [-0.1, -0.05) is 18.2 Å². The molecule has 1 fully saturated rings. The molecule has 0 atom stereocenters. The number of imidazole rings is 1. The van der Waals surface area contributed by atoms with Crippen LogP contribution in [0.5, 0.6) is 0 Å². The number of carbonyl (C=O) groups is 1. The molecule has 1 N–H and O–H groups in total. The van der Waals surface area contributed by atoms with Crippen LogP contribution in [0.25, 0.3) is 22.1 Å². The summed E-state index contributed by atoms with van der Waals surface area (Å²) >= 11 is 0. The topological polar surface area (TPSA) is 101 Å². The Hall–Kier alpha value is -3.20. The van der Waals surface area contributed by atoms with E-state index in [0.717, 1.165) is 5.39 Å². The molecule has 0 radical (unpaired) electrons. The molecule has 1 saturated heterocycles. The van der Waals surface area contributed by atoms with E-state index in [1.807, 2.05) is 15.8 Å². The third kappa shape index (κ3) is 2.72. The summed E-state index contributed by atoms with van der Waals surface area (Å²) in [5.74, 6) is 0.238. The third-order valence-electron chi connectivity index (χ3n) is 5.39. The van der Waals surface area contributed by atoms with Gasteiger partial charge in [0.1, 0.15) is 28.8 Å². The second-order valence-corrected chi connectivity index (χ2v) is 9.04. The van der Waals surface area contributed by atoms with E-state index in [2.05, 4.69) is 15.0 Å². The van der Waals surface area contributed by atoms with Gasteiger partial charge in [0.25, 0.3) is 0 Å². The molecule has 0 amide bonds. The summed E-state index contributed by atoms with van der Waals surface area (Å²) in [5.41, 5.74) is 2.15. The predicted molar refractivity (Wildman–Crippen MR) is 108 cm³/mol. The molecule has 5 rings (SSSR count). The van der Waals surface area contributed by atoms with Crippen molar-refractivity contribution < 1.29 is 13.2 Å². The molecule has 4 heterocycles. The number of aromatic amines is 1. The van der Waals surface area contributed by atoms with Crippen molar-refractivity contribution in [2.24, 2.45) is 0 Å². The predicted octanol–water partition coefficient (Wildman–Crippen LogP) is 2.35. The van der Waals surface area contributed by atoms with Gasteiger partial charge in [-0.25, -0.2) is 23.1 Å². The fourth-order valence-corrected chi connectivity index (χ4v) is 5.44. The van der Waals surface area contributed by atoms with Crippen LogP contribution in [-0.4, -0.2) is 46.9 Å². The number of H-pyrrole nitrogens is 1. The number of pyridine rings is 1. The Bertz CT molecular complexity index is 1360. The molecule has 3 aromatic heterocycles. The van der Waals surface area contributed by atoms with Crippen LogP contribution in [0.15, 0.2) is 52.8 Å². The second-order valence-electron chi connectivity index (χ2n) is 7.20. The van der Waals surface area contributed by atoms with Gasteiger partial charge in [-0.05, 0) is 24.6 Å². The smallest absolute Gasteiger partial charge is 0.226 e. The van der Waals surface area contributed by atoms with Gasteiger partial charge >= 0.3 is 0 Å². The van der Waals surface area contributed by atoms with Gasteiger partial charge in [-0.15, -0.1) is 0 Å². The van der Waals surface area contributed by atoms with E-state index < -0.39 is 9.84 Å². The number of aryl methyl sites for hydroxylation is 1. The van der Waals surface area contributed by atoms with Crippen molar-refractivity contribution in [3.63, 3.8) is 0 Å². The largest absolute Gasteiger partial charge is 0.346 e. The highest BCUT2D eigenvalue weighted by molar-refractivity contribution is 7.91. The molecule has 0 bridgehead atoms. The molecule has 29 heavy (non-hydrogen) atoms. The van der Waals surface area contributed by atoms with Gasteiger partial charge in [-0.3, -0.25) is 4.79 Å². The molecular weight excluding hydrogens is 390 g/mol. The van der Waals surface area contributed by atoms with E-state index >= 15 is 0 Å². The van der Waals surface area contributed by atoms with Crippen LogP contribution >= 0.6 is 0 Å². The Labute approximate surface area is 167 Å². The molecule has 1 aromatic carbocycles. The first-order chi connectivity index (χ1) is 14.0. The highest BCUT2D eigenvalue weighted by Crippen LogP contribution is 2.32. The van der Waals surface area contributed by atoms with Crippen molar-refractivity contribution >= 4 is 37.7 Å². The molecule has 0 aliphatic carbocycles. The molecular formula is C20H19N5O3S. The SMILES string of the molecule is Cc1ccccc1S(=O)(=O)c1nc2[nH]ccc2c2c1ncn2N1CCC(=O)CC1. The summed E-state index contributed by atoms with van der Waals surface area (Å²) in [4.78, 5) is 23.8. The molecule has 0 saturated carbocycles. The minimum atomic E-state index is -3.87. The molecule has 8 nitrogen and oxygen atoms in total.